The van der Waals surface area contributed by atoms with Gasteiger partial charge in [-0.1, -0.05) is 6.07 Å². The lowest BCUT2D eigenvalue weighted by Crippen LogP contribution is -2.02. The molecular weight excluding hydrogens is 281 g/mol. The molecule has 0 saturated carbocycles. The van der Waals surface area contributed by atoms with Crippen LogP contribution in [0.25, 0.3) is 16.9 Å². The number of halogens is 1. The number of hydrogen-bond acceptors (Lipinski definition) is 3. The molecule has 0 aliphatic heterocycles. The predicted molar refractivity (Wildman–Crippen MR) is 83.4 cm³/mol. The normalized spacial score (nSPS) is 10.7. The van der Waals surface area contributed by atoms with Crippen molar-refractivity contribution >= 4 is 0 Å². The largest absolute Gasteiger partial charge is 0.497 e. The maximum atomic E-state index is 13.1. The third-order valence-corrected chi connectivity index (χ3v) is 3.41. The molecule has 112 valence electrons. The summed E-state index contributed by atoms with van der Waals surface area (Å²) in [5.41, 5.74) is 9.06. The molecule has 0 unspecified atom stereocenters. The SMILES string of the molecule is COc1cccc(-n2nc(CN)cc2-c2ccc(F)cc2)c1. The van der Waals surface area contributed by atoms with Crippen molar-refractivity contribution in [1.82, 2.24) is 9.78 Å². The van der Waals surface area contributed by atoms with Gasteiger partial charge in [0.25, 0.3) is 0 Å². The Hall–Kier alpha value is -2.66. The number of benzene rings is 2. The lowest BCUT2D eigenvalue weighted by molar-refractivity contribution is 0.414. The Balaban J connectivity index is 2.14. The topological polar surface area (TPSA) is 53.1 Å². The highest BCUT2D eigenvalue weighted by atomic mass is 19.1. The van der Waals surface area contributed by atoms with Crippen LogP contribution in [0.3, 0.4) is 0 Å². The molecule has 0 saturated heterocycles. The Morgan fingerprint density at radius 3 is 2.59 bits per heavy atom. The molecule has 22 heavy (non-hydrogen) atoms. The third kappa shape index (κ3) is 2.71. The van der Waals surface area contributed by atoms with Crippen molar-refractivity contribution in [3.8, 4) is 22.7 Å². The van der Waals surface area contributed by atoms with Crippen LogP contribution >= 0.6 is 0 Å². The molecule has 0 fully saturated rings. The number of nitrogens with zero attached hydrogens (tertiary/aromatic N) is 2. The molecule has 1 aromatic heterocycles. The Kier molecular flexibility index (Phi) is 3.89. The molecule has 3 aromatic rings. The lowest BCUT2D eigenvalue weighted by atomic mass is 10.1. The molecule has 0 radical (unpaired) electrons. The van der Waals surface area contributed by atoms with Gasteiger partial charge in [0, 0.05) is 18.2 Å². The summed E-state index contributed by atoms with van der Waals surface area (Å²) in [6.07, 6.45) is 0. The van der Waals surface area contributed by atoms with E-state index in [9.17, 15) is 4.39 Å². The van der Waals surface area contributed by atoms with Crippen LogP contribution in [0, 0.1) is 5.82 Å². The van der Waals surface area contributed by atoms with Gasteiger partial charge in [0.2, 0.25) is 0 Å². The summed E-state index contributed by atoms with van der Waals surface area (Å²) in [5, 5.41) is 4.52. The second-order valence-corrected chi connectivity index (χ2v) is 4.85. The van der Waals surface area contributed by atoms with Gasteiger partial charge >= 0.3 is 0 Å². The average molecular weight is 297 g/mol. The molecule has 2 aromatic carbocycles. The van der Waals surface area contributed by atoms with Crippen molar-refractivity contribution in [2.45, 2.75) is 6.54 Å². The van der Waals surface area contributed by atoms with Crippen LogP contribution in [0.5, 0.6) is 5.75 Å². The summed E-state index contributed by atoms with van der Waals surface area (Å²) in [4.78, 5) is 0. The average Bonchev–Trinajstić information content (AvgIpc) is 3.00. The first-order valence-electron chi connectivity index (χ1n) is 6.90. The van der Waals surface area contributed by atoms with Crippen molar-refractivity contribution in [2.24, 2.45) is 5.73 Å². The molecule has 0 aliphatic carbocycles. The van der Waals surface area contributed by atoms with Gasteiger partial charge in [-0.05, 0) is 42.5 Å². The molecular formula is C17H16FN3O. The minimum atomic E-state index is -0.268. The van der Waals surface area contributed by atoms with Crippen LogP contribution < -0.4 is 10.5 Å². The zero-order chi connectivity index (χ0) is 15.5. The molecule has 0 bridgehead atoms. The minimum Gasteiger partial charge on any atom is -0.497 e. The molecule has 0 aliphatic rings. The van der Waals surface area contributed by atoms with Crippen LogP contribution in [0.4, 0.5) is 4.39 Å². The number of rotatable bonds is 4. The van der Waals surface area contributed by atoms with Gasteiger partial charge in [0.05, 0.1) is 24.2 Å². The van der Waals surface area contributed by atoms with E-state index in [0.717, 1.165) is 28.4 Å². The molecule has 0 atom stereocenters. The summed E-state index contributed by atoms with van der Waals surface area (Å²) in [6, 6.07) is 15.8. The Morgan fingerprint density at radius 1 is 1.14 bits per heavy atom. The number of aromatic nitrogens is 2. The van der Waals surface area contributed by atoms with Crippen molar-refractivity contribution in [3.63, 3.8) is 0 Å². The van der Waals surface area contributed by atoms with E-state index in [4.69, 9.17) is 10.5 Å². The zero-order valence-electron chi connectivity index (χ0n) is 12.2. The van der Waals surface area contributed by atoms with Crippen LogP contribution in [-0.2, 0) is 6.54 Å². The van der Waals surface area contributed by atoms with Gasteiger partial charge in [0.1, 0.15) is 11.6 Å². The molecule has 3 rings (SSSR count). The van der Waals surface area contributed by atoms with Crippen molar-refractivity contribution < 1.29 is 9.13 Å². The number of methoxy groups -OCH3 is 1. The zero-order valence-corrected chi connectivity index (χ0v) is 12.2. The highest BCUT2D eigenvalue weighted by Crippen LogP contribution is 2.26. The van der Waals surface area contributed by atoms with E-state index in [1.165, 1.54) is 12.1 Å². The fourth-order valence-corrected chi connectivity index (χ4v) is 2.30. The summed E-state index contributed by atoms with van der Waals surface area (Å²) in [5.74, 6) is 0.475. The van der Waals surface area contributed by atoms with E-state index < -0.39 is 0 Å². The Morgan fingerprint density at radius 2 is 1.91 bits per heavy atom. The smallest absolute Gasteiger partial charge is 0.123 e. The second-order valence-electron chi connectivity index (χ2n) is 4.85. The van der Waals surface area contributed by atoms with Crippen molar-refractivity contribution in [2.75, 3.05) is 7.11 Å². The van der Waals surface area contributed by atoms with Crippen molar-refractivity contribution in [1.29, 1.82) is 0 Å². The van der Waals surface area contributed by atoms with Gasteiger partial charge in [-0.3, -0.25) is 0 Å². The fraction of sp³-hybridized carbons (Fsp3) is 0.118. The molecule has 4 nitrogen and oxygen atoms in total. The highest BCUT2D eigenvalue weighted by molar-refractivity contribution is 5.63. The van der Waals surface area contributed by atoms with Crippen LogP contribution in [0.1, 0.15) is 5.69 Å². The number of ether oxygens (including phenoxy) is 1. The van der Waals surface area contributed by atoms with E-state index in [2.05, 4.69) is 5.10 Å². The molecule has 0 spiro atoms. The van der Waals surface area contributed by atoms with E-state index >= 15 is 0 Å². The summed E-state index contributed by atoms with van der Waals surface area (Å²) in [7, 11) is 1.62. The van der Waals surface area contributed by atoms with E-state index in [-0.39, 0.29) is 5.82 Å². The maximum absolute atomic E-state index is 13.1. The third-order valence-electron chi connectivity index (χ3n) is 3.41. The first-order valence-corrected chi connectivity index (χ1v) is 6.90. The summed E-state index contributed by atoms with van der Waals surface area (Å²) < 4.78 is 20.2. The van der Waals surface area contributed by atoms with Crippen LogP contribution in [0.15, 0.2) is 54.6 Å². The predicted octanol–water partition coefficient (Wildman–Crippen LogP) is 3.15. The number of hydrogen-bond donors (Lipinski definition) is 1. The number of nitrogens with two attached hydrogens (primary N) is 1. The quantitative estimate of drug-likeness (QED) is 0.805. The molecule has 0 amide bonds. The van der Waals surface area contributed by atoms with E-state index in [1.54, 1.807) is 23.9 Å². The van der Waals surface area contributed by atoms with E-state index in [0.29, 0.717) is 6.54 Å². The van der Waals surface area contributed by atoms with Crippen molar-refractivity contribution in [3.05, 3.63) is 66.1 Å². The Labute approximate surface area is 128 Å². The fourth-order valence-electron chi connectivity index (χ4n) is 2.30. The summed E-state index contributed by atoms with van der Waals surface area (Å²) >= 11 is 0. The Bertz CT molecular complexity index is 781. The van der Waals surface area contributed by atoms with E-state index in [1.807, 2.05) is 30.3 Å². The second kappa shape index (κ2) is 5.99. The van der Waals surface area contributed by atoms with Gasteiger partial charge in [-0.2, -0.15) is 5.10 Å². The van der Waals surface area contributed by atoms with Crippen LogP contribution in [0.2, 0.25) is 0 Å². The standard InChI is InChI=1S/C17H16FN3O/c1-22-16-4-2-3-15(10-16)21-17(9-14(11-19)20-21)12-5-7-13(18)8-6-12/h2-10H,11,19H2,1H3. The van der Waals surface area contributed by atoms with Gasteiger partial charge < -0.3 is 10.5 Å². The van der Waals surface area contributed by atoms with Crippen LogP contribution in [-0.4, -0.2) is 16.9 Å². The van der Waals surface area contributed by atoms with Gasteiger partial charge in [0.15, 0.2) is 0 Å². The highest BCUT2D eigenvalue weighted by Gasteiger charge is 2.11. The monoisotopic (exact) mass is 297 g/mol. The minimum absolute atomic E-state index is 0.268. The molecule has 2 N–H and O–H groups in total. The lowest BCUT2D eigenvalue weighted by Gasteiger charge is -2.09. The maximum Gasteiger partial charge on any atom is 0.123 e. The summed E-state index contributed by atoms with van der Waals surface area (Å²) in [6.45, 7) is 0.338. The van der Waals surface area contributed by atoms with Gasteiger partial charge in [-0.25, -0.2) is 9.07 Å². The molecule has 5 heteroatoms. The first-order chi connectivity index (χ1) is 10.7. The van der Waals surface area contributed by atoms with Gasteiger partial charge in [-0.15, -0.1) is 0 Å². The first kappa shape index (κ1) is 14.3. The molecule has 1 heterocycles.